The molecule has 2 N–H and O–H groups in total. The minimum Gasteiger partial charge on any atom is -0.379 e. The van der Waals surface area contributed by atoms with Crippen LogP contribution in [-0.4, -0.2) is 74.5 Å². The van der Waals surface area contributed by atoms with E-state index in [1.807, 2.05) is 17.8 Å². The van der Waals surface area contributed by atoms with Crippen molar-refractivity contribution in [2.45, 2.75) is 10.8 Å². The molecule has 2 fully saturated rings. The lowest BCUT2D eigenvalue weighted by atomic mass is 10.5. The average Bonchev–Trinajstić information content (AvgIpc) is 3.11. The van der Waals surface area contributed by atoms with Gasteiger partial charge in [-0.05, 0) is 12.1 Å². The van der Waals surface area contributed by atoms with Crippen LogP contribution in [0.1, 0.15) is 4.88 Å². The minimum atomic E-state index is -3.42. The van der Waals surface area contributed by atoms with E-state index in [1.165, 1.54) is 15.6 Å². The van der Waals surface area contributed by atoms with Crippen LogP contribution in [0.2, 0.25) is 0 Å². The number of guanidine groups is 1. The number of thioether (sulfide) groups is 1. The first-order valence-corrected chi connectivity index (χ1v) is 11.3. The van der Waals surface area contributed by atoms with Gasteiger partial charge in [0.05, 0.1) is 19.8 Å². The molecule has 0 atom stereocenters. The molecule has 2 aliphatic heterocycles. The lowest BCUT2D eigenvalue weighted by Crippen LogP contribution is -2.42. The van der Waals surface area contributed by atoms with E-state index in [0.717, 1.165) is 29.5 Å². The number of sulfonamides is 1. The Balaban J connectivity index is 1.64. The SMILES string of the molecule is NC(=NCc1ccc(S(=O)(=O)N2CCOCC2)s1)N1CCSCC1. The van der Waals surface area contributed by atoms with Crippen molar-refractivity contribution in [3.05, 3.63) is 17.0 Å². The van der Waals surface area contributed by atoms with Gasteiger partial charge in [-0.1, -0.05) is 0 Å². The van der Waals surface area contributed by atoms with Crippen LogP contribution in [0.3, 0.4) is 0 Å². The maximum Gasteiger partial charge on any atom is 0.252 e. The van der Waals surface area contributed by atoms with Crippen LogP contribution >= 0.6 is 23.1 Å². The fourth-order valence-corrected chi connectivity index (χ4v) is 6.29. The van der Waals surface area contributed by atoms with Crippen LogP contribution in [0.15, 0.2) is 21.3 Å². The number of nitrogens with two attached hydrogens (primary N) is 1. The second-order valence-electron chi connectivity index (χ2n) is 5.51. The van der Waals surface area contributed by atoms with Gasteiger partial charge in [-0.2, -0.15) is 16.1 Å². The Bertz CT molecular complexity index is 677. The van der Waals surface area contributed by atoms with Crippen LogP contribution < -0.4 is 5.73 Å². The van der Waals surface area contributed by atoms with Gasteiger partial charge in [-0.25, -0.2) is 13.4 Å². The number of morpholine rings is 1. The molecule has 0 saturated carbocycles. The maximum atomic E-state index is 12.6. The fourth-order valence-electron chi connectivity index (χ4n) is 2.55. The molecule has 134 valence electrons. The summed E-state index contributed by atoms with van der Waals surface area (Å²) in [5.41, 5.74) is 6.04. The van der Waals surface area contributed by atoms with Crippen molar-refractivity contribution in [2.24, 2.45) is 10.7 Å². The Kier molecular flexibility index (Phi) is 6.03. The quantitative estimate of drug-likeness (QED) is 0.599. The summed E-state index contributed by atoms with van der Waals surface area (Å²) in [6.45, 7) is 3.97. The summed E-state index contributed by atoms with van der Waals surface area (Å²) in [7, 11) is -3.42. The van der Waals surface area contributed by atoms with Gasteiger partial charge in [0.1, 0.15) is 4.21 Å². The molecule has 2 saturated heterocycles. The molecule has 7 nitrogen and oxygen atoms in total. The summed E-state index contributed by atoms with van der Waals surface area (Å²) in [4.78, 5) is 7.40. The summed E-state index contributed by atoms with van der Waals surface area (Å²) in [5.74, 6) is 2.68. The average molecular weight is 391 g/mol. The molecule has 0 aliphatic carbocycles. The van der Waals surface area contributed by atoms with Crippen molar-refractivity contribution in [1.29, 1.82) is 0 Å². The molecule has 0 aromatic carbocycles. The van der Waals surface area contributed by atoms with Crippen LogP contribution in [0.5, 0.6) is 0 Å². The van der Waals surface area contributed by atoms with E-state index in [9.17, 15) is 8.42 Å². The zero-order chi connectivity index (χ0) is 17.0. The third-order valence-corrected chi connectivity index (χ3v) is 8.31. The smallest absolute Gasteiger partial charge is 0.252 e. The third-order valence-electron chi connectivity index (χ3n) is 3.93. The predicted octanol–water partition coefficient (Wildman–Crippen LogP) is 0.633. The molecule has 0 amide bonds. The molecule has 0 unspecified atom stereocenters. The van der Waals surface area contributed by atoms with Crippen molar-refractivity contribution in [3.8, 4) is 0 Å². The molecule has 1 aromatic rings. The highest BCUT2D eigenvalue weighted by molar-refractivity contribution is 7.99. The van der Waals surface area contributed by atoms with E-state index >= 15 is 0 Å². The summed E-state index contributed by atoms with van der Waals surface area (Å²) in [6, 6.07) is 3.48. The Hall–Kier alpha value is -0.810. The van der Waals surface area contributed by atoms with Gasteiger partial charge in [-0.15, -0.1) is 11.3 Å². The molecule has 1 aromatic heterocycles. The van der Waals surface area contributed by atoms with Gasteiger partial charge in [0.15, 0.2) is 5.96 Å². The largest absolute Gasteiger partial charge is 0.379 e. The lowest BCUT2D eigenvalue weighted by Gasteiger charge is -2.27. The first-order valence-electron chi connectivity index (χ1n) is 7.86. The fraction of sp³-hybridized carbons (Fsp3) is 0.643. The zero-order valence-corrected chi connectivity index (χ0v) is 15.8. The molecule has 24 heavy (non-hydrogen) atoms. The van der Waals surface area contributed by atoms with Crippen LogP contribution in [0.25, 0.3) is 0 Å². The summed E-state index contributed by atoms with van der Waals surface area (Å²) in [5, 5.41) is 0. The highest BCUT2D eigenvalue weighted by atomic mass is 32.2. The maximum absolute atomic E-state index is 12.6. The van der Waals surface area contributed by atoms with E-state index < -0.39 is 10.0 Å². The standard InChI is InChI=1S/C14H22N4O3S3/c15-14(17-5-9-22-10-6-17)16-11-12-1-2-13(23-12)24(19,20)18-3-7-21-8-4-18/h1-2H,3-11H2,(H2,15,16). The van der Waals surface area contributed by atoms with E-state index in [-0.39, 0.29) is 0 Å². The van der Waals surface area contributed by atoms with E-state index in [0.29, 0.717) is 43.0 Å². The van der Waals surface area contributed by atoms with Crippen molar-refractivity contribution < 1.29 is 13.2 Å². The number of hydrogen-bond donors (Lipinski definition) is 1. The van der Waals surface area contributed by atoms with Crippen molar-refractivity contribution in [1.82, 2.24) is 9.21 Å². The molecule has 10 heteroatoms. The summed E-state index contributed by atoms with van der Waals surface area (Å²) >= 11 is 3.19. The number of ether oxygens (including phenoxy) is 1. The first kappa shape index (κ1) is 18.0. The topological polar surface area (TPSA) is 88.2 Å². The Morgan fingerprint density at radius 1 is 1.21 bits per heavy atom. The number of rotatable bonds is 4. The second-order valence-corrected chi connectivity index (χ2v) is 10.1. The minimum absolute atomic E-state index is 0.363. The predicted molar refractivity (Wildman–Crippen MR) is 98.1 cm³/mol. The van der Waals surface area contributed by atoms with Crippen LogP contribution in [0.4, 0.5) is 0 Å². The van der Waals surface area contributed by atoms with E-state index in [2.05, 4.69) is 9.89 Å². The van der Waals surface area contributed by atoms with Gasteiger partial charge >= 0.3 is 0 Å². The molecular weight excluding hydrogens is 368 g/mol. The van der Waals surface area contributed by atoms with E-state index in [1.54, 1.807) is 6.07 Å². The lowest BCUT2D eigenvalue weighted by molar-refractivity contribution is 0.0731. The van der Waals surface area contributed by atoms with Gasteiger partial charge in [0.2, 0.25) is 0 Å². The molecule has 2 aliphatic rings. The number of thiophene rings is 1. The molecular formula is C14H22N4O3S3. The Morgan fingerprint density at radius 2 is 1.92 bits per heavy atom. The zero-order valence-electron chi connectivity index (χ0n) is 13.4. The van der Waals surface area contributed by atoms with Gasteiger partial charge in [-0.3, -0.25) is 0 Å². The van der Waals surface area contributed by atoms with Gasteiger partial charge in [0.25, 0.3) is 10.0 Å². The monoisotopic (exact) mass is 390 g/mol. The molecule has 3 heterocycles. The van der Waals surface area contributed by atoms with Gasteiger partial charge in [0, 0.05) is 42.6 Å². The van der Waals surface area contributed by atoms with Crippen LogP contribution in [0, 0.1) is 0 Å². The summed E-state index contributed by atoms with van der Waals surface area (Å²) < 4.78 is 32.3. The van der Waals surface area contributed by atoms with Crippen LogP contribution in [-0.2, 0) is 21.3 Å². The summed E-state index contributed by atoms with van der Waals surface area (Å²) in [6.07, 6.45) is 0. The Labute approximate surface area is 150 Å². The second kappa shape index (κ2) is 8.05. The van der Waals surface area contributed by atoms with Crippen molar-refractivity contribution >= 4 is 39.1 Å². The highest BCUT2D eigenvalue weighted by Crippen LogP contribution is 2.26. The Morgan fingerprint density at radius 3 is 2.62 bits per heavy atom. The van der Waals surface area contributed by atoms with Crippen molar-refractivity contribution in [3.63, 3.8) is 0 Å². The van der Waals surface area contributed by atoms with E-state index in [4.69, 9.17) is 10.5 Å². The first-order chi connectivity index (χ1) is 11.6. The third kappa shape index (κ3) is 4.23. The normalized spacial score (nSPS) is 21.2. The van der Waals surface area contributed by atoms with Gasteiger partial charge < -0.3 is 15.4 Å². The van der Waals surface area contributed by atoms with Crippen molar-refractivity contribution in [2.75, 3.05) is 50.9 Å². The number of nitrogens with zero attached hydrogens (tertiary/aromatic N) is 3. The molecule has 3 rings (SSSR count). The number of hydrogen-bond acceptors (Lipinski definition) is 6. The number of aliphatic imine (C=N–C) groups is 1. The molecule has 0 bridgehead atoms. The highest BCUT2D eigenvalue weighted by Gasteiger charge is 2.27. The molecule has 0 radical (unpaired) electrons. The molecule has 0 spiro atoms.